The van der Waals surface area contributed by atoms with Gasteiger partial charge in [0, 0.05) is 36.9 Å². The summed E-state index contributed by atoms with van der Waals surface area (Å²) in [7, 11) is 0. The summed E-state index contributed by atoms with van der Waals surface area (Å²) < 4.78 is 13.0. The monoisotopic (exact) mass is 336 g/mol. The van der Waals surface area contributed by atoms with E-state index in [0.29, 0.717) is 12.1 Å². The summed E-state index contributed by atoms with van der Waals surface area (Å²) in [4.78, 5) is 12.7. The van der Waals surface area contributed by atoms with Crippen LogP contribution in [0.4, 0.5) is 4.39 Å². The highest BCUT2D eigenvalue weighted by molar-refractivity contribution is 5.91. The predicted octanol–water partition coefficient (Wildman–Crippen LogP) is 2.75. The van der Waals surface area contributed by atoms with Crippen molar-refractivity contribution in [2.24, 2.45) is 4.99 Å². The van der Waals surface area contributed by atoms with E-state index in [1.807, 2.05) is 34.3 Å². The first kappa shape index (κ1) is 15.5. The molecule has 25 heavy (non-hydrogen) atoms. The molecule has 2 aromatic rings. The molecule has 0 saturated carbocycles. The van der Waals surface area contributed by atoms with Crippen molar-refractivity contribution >= 4 is 11.7 Å². The van der Waals surface area contributed by atoms with E-state index < -0.39 is 6.10 Å². The molecule has 0 fully saturated rings. The molecule has 1 aromatic heterocycles. The van der Waals surface area contributed by atoms with E-state index in [0.717, 1.165) is 23.8 Å². The van der Waals surface area contributed by atoms with Gasteiger partial charge >= 0.3 is 0 Å². The fraction of sp³-hybridized carbons (Fsp3) is 0.158. The van der Waals surface area contributed by atoms with Crippen molar-refractivity contribution < 1.29 is 9.50 Å². The van der Waals surface area contributed by atoms with E-state index in [1.54, 1.807) is 24.5 Å². The number of hydrogen-bond donors (Lipinski definition) is 1. The van der Waals surface area contributed by atoms with Crippen LogP contribution in [0.15, 0.2) is 72.3 Å². The summed E-state index contributed by atoms with van der Waals surface area (Å²) in [6, 6.07) is 9.75. The number of fused-ring (bicyclic) bond motifs is 1. The lowest BCUT2D eigenvalue weighted by atomic mass is 10.1. The summed E-state index contributed by atoms with van der Waals surface area (Å²) >= 11 is 0. The van der Waals surface area contributed by atoms with Crippen LogP contribution < -0.4 is 0 Å². The van der Waals surface area contributed by atoms with Crippen LogP contribution >= 0.6 is 0 Å². The first-order valence-corrected chi connectivity index (χ1v) is 8.05. The Morgan fingerprint density at radius 1 is 1.08 bits per heavy atom. The van der Waals surface area contributed by atoms with Crippen molar-refractivity contribution in [2.75, 3.05) is 13.1 Å². The molecule has 0 amide bonds. The van der Waals surface area contributed by atoms with Crippen LogP contribution in [-0.4, -0.2) is 38.9 Å². The van der Waals surface area contributed by atoms with Crippen LogP contribution in [0.5, 0.6) is 0 Å². The lowest BCUT2D eigenvalue weighted by molar-refractivity contribution is 0.156. The van der Waals surface area contributed by atoms with Gasteiger partial charge in [-0.25, -0.2) is 9.38 Å². The van der Waals surface area contributed by atoms with E-state index in [2.05, 4.69) is 11.1 Å². The number of aliphatic hydroxyl groups excluding tert-OH is 1. The standard InChI is InChI=1S/C19H17FN4O/c20-16-3-1-15(2-4-16)18(25)13-24-12-11-23-10-7-17(22-19(23)24)14-5-8-21-9-6-14/h1-9,11-12,18,25H,10,13H2. The summed E-state index contributed by atoms with van der Waals surface area (Å²) in [5, 5.41) is 10.5. The number of aromatic nitrogens is 1. The van der Waals surface area contributed by atoms with Crippen LogP contribution in [0.3, 0.4) is 0 Å². The number of guanidine groups is 1. The third kappa shape index (κ3) is 3.16. The second-order valence-corrected chi connectivity index (χ2v) is 5.91. The molecule has 1 aromatic carbocycles. The SMILES string of the molecule is OC(CN1C=CN2CC=C(c3ccncc3)N=C21)c1ccc(F)cc1. The minimum absolute atomic E-state index is 0.313. The van der Waals surface area contributed by atoms with Crippen LogP contribution in [0.25, 0.3) is 5.70 Å². The molecular formula is C19H17FN4O. The van der Waals surface area contributed by atoms with Gasteiger partial charge in [0.05, 0.1) is 18.3 Å². The molecule has 6 heteroatoms. The molecule has 126 valence electrons. The topological polar surface area (TPSA) is 52.0 Å². The van der Waals surface area contributed by atoms with Crippen LogP contribution in [0.1, 0.15) is 17.2 Å². The largest absolute Gasteiger partial charge is 0.387 e. The molecule has 1 unspecified atom stereocenters. The molecule has 4 rings (SSSR count). The molecule has 0 aliphatic carbocycles. The Hall–Kier alpha value is -2.99. The molecule has 1 atom stereocenters. The van der Waals surface area contributed by atoms with Gasteiger partial charge in [-0.1, -0.05) is 12.1 Å². The number of aliphatic imine (C=N–C) groups is 1. The lowest BCUT2D eigenvalue weighted by Gasteiger charge is -2.27. The average molecular weight is 336 g/mol. The average Bonchev–Trinajstić information content (AvgIpc) is 3.05. The van der Waals surface area contributed by atoms with Crippen molar-refractivity contribution in [1.82, 2.24) is 14.8 Å². The van der Waals surface area contributed by atoms with Crippen LogP contribution in [-0.2, 0) is 0 Å². The number of halogens is 1. The summed E-state index contributed by atoms with van der Waals surface area (Å²) in [6.07, 6.45) is 8.65. The predicted molar refractivity (Wildman–Crippen MR) is 93.6 cm³/mol. The van der Waals surface area contributed by atoms with Gasteiger partial charge in [0.2, 0.25) is 5.96 Å². The number of pyridine rings is 1. The zero-order valence-electron chi connectivity index (χ0n) is 13.5. The van der Waals surface area contributed by atoms with Crippen LogP contribution in [0.2, 0.25) is 0 Å². The minimum Gasteiger partial charge on any atom is -0.387 e. The highest BCUT2D eigenvalue weighted by atomic mass is 19.1. The number of hydrogen-bond acceptors (Lipinski definition) is 5. The van der Waals surface area contributed by atoms with E-state index in [-0.39, 0.29) is 5.82 Å². The zero-order valence-corrected chi connectivity index (χ0v) is 13.5. The molecule has 0 spiro atoms. The number of benzene rings is 1. The highest BCUT2D eigenvalue weighted by Crippen LogP contribution is 2.25. The molecule has 3 heterocycles. The van der Waals surface area contributed by atoms with E-state index >= 15 is 0 Å². The van der Waals surface area contributed by atoms with Crippen molar-refractivity contribution in [2.45, 2.75) is 6.10 Å². The second-order valence-electron chi connectivity index (χ2n) is 5.91. The van der Waals surface area contributed by atoms with Gasteiger partial charge in [-0.05, 0) is 35.9 Å². The molecule has 5 nitrogen and oxygen atoms in total. The van der Waals surface area contributed by atoms with Gasteiger partial charge in [0.1, 0.15) is 5.82 Å². The van der Waals surface area contributed by atoms with Gasteiger partial charge in [0.15, 0.2) is 0 Å². The summed E-state index contributed by atoms with van der Waals surface area (Å²) in [5.74, 6) is 0.461. The van der Waals surface area contributed by atoms with Crippen LogP contribution in [0, 0.1) is 5.82 Å². The van der Waals surface area contributed by atoms with E-state index in [4.69, 9.17) is 4.99 Å². The number of aliphatic hydroxyl groups is 1. The quantitative estimate of drug-likeness (QED) is 0.933. The third-order valence-corrected chi connectivity index (χ3v) is 4.24. The molecule has 0 radical (unpaired) electrons. The number of β-amino-alcohol motifs (C(OH)–C–C–N with tert-alkyl or cyclic N) is 1. The number of rotatable bonds is 4. The highest BCUT2D eigenvalue weighted by Gasteiger charge is 2.26. The van der Waals surface area contributed by atoms with Crippen molar-refractivity contribution in [3.05, 3.63) is 84.2 Å². The second kappa shape index (κ2) is 6.49. The molecule has 0 saturated heterocycles. The van der Waals surface area contributed by atoms with E-state index in [9.17, 15) is 9.50 Å². The zero-order chi connectivity index (χ0) is 17.2. The Labute approximate surface area is 145 Å². The molecule has 0 bridgehead atoms. The maximum absolute atomic E-state index is 13.0. The van der Waals surface area contributed by atoms with Crippen molar-refractivity contribution in [3.8, 4) is 0 Å². The summed E-state index contributed by atoms with van der Waals surface area (Å²) in [6.45, 7) is 1.07. The first-order valence-electron chi connectivity index (χ1n) is 8.05. The maximum atomic E-state index is 13.0. The molecule has 2 aliphatic heterocycles. The third-order valence-electron chi connectivity index (χ3n) is 4.24. The first-order chi connectivity index (χ1) is 12.2. The molecular weight excluding hydrogens is 319 g/mol. The van der Waals surface area contributed by atoms with Crippen molar-refractivity contribution in [3.63, 3.8) is 0 Å². The Kier molecular flexibility index (Phi) is 4.03. The minimum atomic E-state index is -0.733. The van der Waals surface area contributed by atoms with Gasteiger partial charge in [-0.15, -0.1) is 0 Å². The van der Waals surface area contributed by atoms with E-state index in [1.165, 1.54) is 12.1 Å². The summed E-state index contributed by atoms with van der Waals surface area (Å²) in [5.41, 5.74) is 2.57. The van der Waals surface area contributed by atoms with Gasteiger partial charge in [-0.3, -0.25) is 4.98 Å². The smallest absolute Gasteiger partial charge is 0.210 e. The Morgan fingerprint density at radius 2 is 1.84 bits per heavy atom. The Bertz CT molecular complexity index is 845. The van der Waals surface area contributed by atoms with Gasteiger partial charge in [-0.2, -0.15) is 0 Å². The van der Waals surface area contributed by atoms with Gasteiger partial charge in [0.25, 0.3) is 0 Å². The van der Waals surface area contributed by atoms with Gasteiger partial charge < -0.3 is 14.9 Å². The fourth-order valence-corrected chi connectivity index (χ4v) is 2.89. The fourth-order valence-electron chi connectivity index (χ4n) is 2.89. The van der Waals surface area contributed by atoms with Crippen molar-refractivity contribution in [1.29, 1.82) is 0 Å². The molecule has 1 N–H and O–H groups in total. The lowest BCUT2D eigenvalue weighted by Crippen LogP contribution is -2.37. The Morgan fingerprint density at radius 3 is 2.60 bits per heavy atom. The maximum Gasteiger partial charge on any atom is 0.210 e. The normalized spacial score (nSPS) is 17.2. The Balaban J connectivity index is 1.53. The number of nitrogens with zero attached hydrogens (tertiary/aromatic N) is 4. The molecule has 2 aliphatic rings.